The van der Waals surface area contributed by atoms with Crippen LogP contribution in [0.15, 0.2) is 84.9 Å². The fourth-order valence-electron chi connectivity index (χ4n) is 4.70. The first-order valence-corrected chi connectivity index (χ1v) is 11.2. The van der Waals surface area contributed by atoms with Gasteiger partial charge in [-0.3, -0.25) is 4.79 Å². The fraction of sp³-hybridized carbons (Fsp3) is 0.207. The molecule has 0 spiro atoms. The lowest BCUT2D eigenvalue weighted by Gasteiger charge is -2.35. The van der Waals surface area contributed by atoms with Crippen LogP contribution >= 0.6 is 0 Å². The first-order chi connectivity index (χ1) is 15.6. The van der Waals surface area contributed by atoms with Gasteiger partial charge in [0.2, 0.25) is 5.91 Å². The van der Waals surface area contributed by atoms with Gasteiger partial charge in [0.1, 0.15) is 5.75 Å². The molecule has 1 aliphatic heterocycles. The number of hydrogen-bond donors (Lipinski definition) is 0. The predicted octanol–water partition coefficient (Wildman–Crippen LogP) is 6.62. The van der Waals surface area contributed by atoms with E-state index in [0.29, 0.717) is 19.6 Å². The SMILES string of the molecule is CCOc1ccc(C2CC(=O)N(Cc3ccc(C)cc3)c3ccc4ccccc4c32)cc1. The van der Waals surface area contributed by atoms with Gasteiger partial charge in [-0.15, -0.1) is 0 Å². The molecule has 0 saturated carbocycles. The van der Waals surface area contributed by atoms with Crippen LogP contribution in [0.5, 0.6) is 5.75 Å². The highest BCUT2D eigenvalue weighted by atomic mass is 16.5. The van der Waals surface area contributed by atoms with Crippen LogP contribution in [0, 0.1) is 6.92 Å². The van der Waals surface area contributed by atoms with E-state index in [4.69, 9.17) is 4.74 Å². The fourth-order valence-corrected chi connectivity index (χ4v) is 4.70. The molecule has 1 heterocycles. The zero-order chi connectivity index (χ0) is 22.1. The molecule has 1 amide bonds. The maximum Gasteiger partial charge on any atom is 0.228 e. The smallest absolute Gasteiger partial charge is 0.228 e. The lowest BCUT2D eigenvalue weighted by molar-refractivity contribution is -0.119. The summed E-state index contributed by atoms with van der Waals surface area (Å²) in [5, 5.41) is 2.41. The van der Waals surface area contributed by atoms with E-state index in [1.165, 1.54) is 21.9 Å². The monoisotopic (exact) mass is 421 g/mol. The van der Waals surface area contributed by atoms with E-state index < -0.39 is 0 Å². The van der Waals surface area contributed by atoms with Crippen molar-refractivity contribution in [1.82, 2.24) is 0 Å². The van der Waals surface area contributed by atoms with Crippen LogP contribution in [0.2, 0.25) is 0 Å². The van der Waals surface area contributed by atoms with Crippen LogP contribution in [0.25, 0.3) is 10.8 Å². The van der Waals surface area contributed by atoms with Gasteiger partial charge in [-0.1, -0.05) is 72.3 Å². The highest BCUT2D eigenvalue weighted by molar-refractivity contribution is 6.03. The highest BCUT2D eigenvalue weighted by Gasteiger charge is 2.33. The normalized spacial score (nSPS) is 15.6. The predicted molar refractivity (Wildman–Crippen MR) is 130 cm³/mol. The van der Waals surface area contributed by atoms with Crippen LogP contribution in [-0.4, -0.2) is 12.5 Å². The molecule has 3 nitrogen and oxygen atoms in total. The van der Waals surface area contributed by atoms with Gasteiger partial charge >= 0.3 is 0 Å². The van der Waals surface area contributed by atoms with Gasteiger partial charge in [0, 0.05) is 18.0 Å². The van der Waals surface area contributed by atoms with Crippen molar-refractivity contribution in [1.29, 1.82) is 0 Å². The molecule has 0 fully saturated rings. The maximum atomic E-state index is 13.4. The van der Waals surface area contributed by atoms with Crippen LogP contribution in [0.3, 0.4) is 0 Å². The molecular weight excluding hydrogens is 394 g/mol. The van der Waals surface area contributed by atoms with Crippen molar-refractivity contribution in [3.63, 3.8) is 0 Å². The third-order valence-corrected chi connectivity index (χ3v) is 6.32. The Morgan fingerprint density at radius 2 is 1.66 bits per heavy atom. The van der Waals surface area contributed by atoms with E-state index in [9.17, 15) is 4.79 Å². The molecule has 0 N–H and O–H groups in total. The quantitative estimate of drug-likeness (QED) is 0.363. The number of carbonyl (C=O) groups is 1. The minimum Gasteiger partial charge on any atom is -0.494 e. The van der Waals surface area contributed by atoms with E-state index in [1.54, 1.807) is 0 Å². The number of nitrogens with zero attached hydrogens (tertiary/aromatic N) is 1. The number of amides is 1. The zero-order valence-corrected chi connectivity index (χ0v) is 18.5. The number of fused-ring (bicyclic) bond motifs is 3. The Labute approximate surface area is 189 Å². The Hall–Kier alpha value is -3.59. The van der Waals surface area contributed by atoms with Gasteiger partial charge < -0.3 is 9.64 Å². The van der Waals surface area contributed by atoms with Gasteiger partial charge in [0.05, 0.1) is 13.2 Å². The summed E-state index contributed by atoms with van der Waals surface area (Å²) in [4.78, 5) is 15.4. The Morgan fingerprint density at radius 3 is 2.41 bits per heavy atom. The Bertz CT molecular complexity index is 1260. The number of aryl methyl sites for hydroxylation is 1. The van der Waals surface area contributed by atoms with E-state index >= 15 is 0 Å². The molecule has 4 aromatic rings. The van der Waals surface area contributed by atoms with E-state index in [2.05, 4.69) is 79.7 Å². The largest absolute Gasteiger partial charge is 0.494 e. The Morgan fingerprint density at radius 1 is 0.906 bits per heavy atom. The van der Waals surface area contributed by atoms with Crippen LogP contribution in [-0.2, 0) is 11.3 Å². The summed E-state index contributed by atoms with van der Waals surface area (Å²) in [6, 6.07) is 29.4. The van der Waals surface area contributed by atoms with Crippen molar-refractivity contribution in [2.24, 2.45) is 0 Å². The number of anilines is 1. The third kappa shape index (κ3) is 3.75. The molecule has 4 aromatic carbocycles. The average molecular weight is 422 g/mol. The minimum atomic E-state index is 0.0218. The van der Waals surface area contributed by atoms with E-state index in [0.717, 1.165) is 22.6 Å². The molecule has 1 aliphatic rings. The topological polar surface area (TPSA) is 29.5 Å². The third-order valence-electron chi connectivity index (χ3n) is 6.32. The summed E-state index contributed by atoms with van der Waals surface area (Å²) >= 11 is 0. The summed E-state index contributed by atoms with van der Waals surface area (Å²) in [5.74, 6) is 1.04. The van der Waals surface area contributed by atoms with Gasteiger partial charge in [0.25, 0.3) is 0 Å². The first-order valence-electron chi connectivity index (χ1n) is 11.2. The van der Waals surface area contributed by atoms with Gasteiger partial charge in [-0.05, 0) is 59.5 Å². The molecule has 1 atom stereocenters. The maximum absolute atomic E-state index is 13.4. The first kappa shape index (κ1) is 20.3. The lowest BCUT2D eigenvalue weighted by Crippen LogP contribution is -2.36. The molecular formula is C29H27NO2. The number of ether oxygens (including phenoxy) is 1. The van der Waals surface area contributed by atoms with Crippen LogP contribution in [0.1, 0.15) is 41.5 Å². The van der Waals surface area contributed by atoms with Crippen LogP contribution in [0.4, 0.5) is 5.69 Å². The van der Waals surface area contributed by atoms with Crippen LogP contribution < -0.4 is 9.64 Å². The molecule has 0 aliphatic carbocycles. The second-order valence-electron chi connectivity index (χ2n) is 8.44. The Balaban J connectivity index is 1.62. The second kappa shape index (κ2) is 8.51. The molecule has 0 bridgehead atoms. The molecule has 32 heavy (non-hydrogen) atoms. The van der Waals surface area contributed by atoms with Crippen molar-refractivity contribution >= 4 is 22.4 Å². The molecule has 5 rings (SSSR count). The van der Waals surface area contributed by atoms with Crippen molar-refractivity contribution in [2.75, 3.05) is 11.5 Å². The van der Waals surface area contributed by atoms with Gasteiger partial charge in [0.15, 0.2) is 0 Å². The van der Waals surface area contributed by atoms with Crippen molar-refractivity contribution in [3.8, 4) is 5.75 Å². The highest BCUT2D eigenvalue weighted by Crippen LogP contribution is 2.44. The summed E-state index contributed by atoms with van der Waals surface area (Å²) in [7, 11) is 0. The molecule has 0 aromatic heterocycles. The average Bonchev–Trinajstić information content (AvgIpc) is 2.82. The number of rotatable bonds is 5. The van der Waals surface area contributed by atoms with Crippen molar-refractivity contribution in [2.45, 2.75) is 32.7 Å². The van der Waals surface area contributed by atoms with Crippen molar-refractivity contribution < 1.29 is 9.53 Å². The summed E-state index contributed by atoms with van der Waals surface area (Å²) in [6.45, 7) is 5.29. The minimum absolute atomic E-state index is 0.0218. The molecule has 160 valence electrons. The molecule has 0 saturated heterocycles. The van der Waals surface area contributed by atoms with Gasteiger partial charge in [-0.2, -0.15) is 0 Å². The lowest BCUT2D eigenvalue weighted by atomic mass is 9.81. The van der Waals surface area contributed by atoms with Gasteiger partial charge in [-0.25, -0.2) is 0 Å². The Kier molecular flexibility index (Phi) is 5.40. The molecule has 3 heteroatoms. The second-order valence-corrected chi connectivity index (χ2v) is 8.44. The summed E-state index contributed by atoms with van der Waals surface area (Å²) in [6.07, 6.45) is 0.459. The van der Waals surface area contributed by atoms with E-state index in [1.807, 2.05) is 24.0 Å². The summed E-state index contributed by atoms with van der Waals surface area (Å²) < 4.78 is 5.63. The standard InChI is InChI=1S/C29H27NO2/c1-3-32-24-15-12-23(13-16-24)26-18-28(31)30(19-21-10-8-20(2)9-11-21)27-17-14-22-6-4-5-7-25(22)29(26)27/h4-17,26H,3,18-19H2,1-2H3. The van der Waals surface area contributed by atoms with Crippen molar-refractivity contribution in [3.05, 3.63) is 107 Å². The number of hydrogen-bond acceptors (Lipinski definition) is 2. The summed E-state index contributed by atoms with van der Waals surface area (Å²) in [5.41, 5.74) is 5.76. The zero-order valence-electron chi connectivity index (χ0n) is 18.5. The molecule has 0 radical (unpaired) electrons. The van der Waals surface area contributed by atoms with E-state index in [-0.39, 0.29) is 11.8 Å². The number of benzene rings is 4. The number of carbonyl (C=O) groups excluding carboxylic acids is 1. The molecule has 1 unspecified atom stereocenters.